The van der Waals surface area contributed by atoms with Gasteiger partial charge in [0.2, 0.25) is 0 Å². The van der Waals surface area contributed by atoms with Crippen LogP contribution < -0.4 is 16.0 Å². The van der Waals surface area contributed by atoms with Gasteiger partial charge in [-0.2, -0.15) is 11.8 Å². The molecule has 5 heteroatoms. The topological polar surface area (TPSA) is 58.4 Å². The van der Waals surface area contributed by atoms with Gasteiger partial charge in [0.1, 0.15) is 0 Å². The summed E-state index contributed by atoms with van der Waals surface area (Å²) in [7, 11) is 0. The van der Waals surface area contributed by atoms with Crippen LogP contribution in [0.4, 0.5) is 11.4 Å². The maximum Gasteiger partial charge on any atom is 0.251 e. The second-order valence-electron chi connectivity index (χ2n) is 4.98. The molecule has 1 fully saturated rings. The van der Waals surface area contributed by atoms with Crippen LogP contribution in [0.3, 0.4) is 0 Å². The Labute approximate surface area is 125 Å². The van der Waals surface area contributed by atoms with Crippen molar-refractivity contribution in [3.63, 3.8) is 0 Å². The number of rotatable bonds is 4. The molecule has 0 aliphatic carbocycles. The molecule has 0 spiro atoms. The van der Waals surface area contributed by atoms with E-state index in [1.54, 1.807) is 6.07 Å². The molecule has 1 aromatic carbocycles. The predicted molar refractivity (Wildman–Crippen MR) is 87.6 cm³/mol. The minimum absolute atomic E-state index is 0.0635. The average Bonchev–Trinajstić information content (AvgIpc) is 2.47. The van der Waals surface area contributed by atoms with Crippen molar-refractivity contribution in [3.8, 4) is 0 Å². The summed E-state index contributed by atoms with van der Waals surface area (Å²) in [5.41, 5.74) is 8.52. The molecular weight excluding hydrogens is 270 g/mol. The highest BCUT2D eigenvalue weighted by atomic mass is 32.2. The Balaban J connectivity index is 2.15. The summed E-state index contributed by atoms with van der Waals surface area (Å²) < 4.78 is 0. The van der Waals surface area contributed by atoms with Gasteiger partial charge in [0, 0.05) is 36.2 Å². The Morgan fingerprint density at radius 1 is 1.50 bits per heavy atom. The Morgan fingerprint density at radius 3 is 2.95 bits per heavy atom. The molecule has 0 radical (unpaired) electrons. The van der Waals surface area contributed by atoms with E-state index in [0.717, 1.165) is 24.5 Å². The van der Waals surface area contributed by atoms with E-state index in [9.17, 15) is 4.79 Å². The summed E-state index contributed by atoms with van der Waals surface area (Å²) in [5, 5.41) is 3.47. The van der Waals surface area contributed by atoms with Crippen molar-refractivity contribution in [3.05, 3.63) is 23.8 Å². The normalized spacial score (nSPS) is 18.9. The maximum absolute atomic E-state index is 11.8. The number of carbonyl (C=O) groups excluding carboxylic acids is 1. The summed E-state index contributed by atoms with van der Waals surface area (Å²) in [5.74, 6) is 1.07. The lowest BCUT2D eigenvalue weighted by atomic mass is 10.1. The van der Waals surface area contributed by atoms with Crippen LogP contribution in [0.15, 0.2) is 18.2 Å². The van der Waals surface area contributed by atoms with E-state index in [-0.39, 0.29) is 5.91 Å². The van der Waals surface area contributed by atoms with Gasteiger partial charge in [-0.25, -0.2) is 0 Å². The van der Waals surface area contributed by atoms with E-state index in [2.05, 4.69) is 17.1 Å². The van der Waals surface area contributed by atoms with Crippen molar-refractivity contribution in [2.75, 3.05) is 36.0 Å². The van der Waals surface area contributed by atoms with Gasteiger partial charge < -0.3 is 16.0 Å². The molecule has 20 heavy (non-hydrogen) atoms. The van der Waals surface area contributed by atoms with Crippen molar-refractivity contribution in [2.45, 2.75) is 25.5 Å². The molecule has 1 heterocycles. The largest absolute Gasteiger partial charge is 0.397 e. The number of anilines is 2. The van der Waals surface area contributed by atoms with Gasteiger partial charge in [-0.15, -0.1) is 0 Å². The third kappa shape index (κ3) is 3.39. The summed E-state index contributed by atoms with van der Waals surface area (Å²) in [6.45, 7) is 6.81. The first-order chi connectivity index (χ1) is 9.65. The molecule has 1 aliphatic rings. The first-order valence-corrected chi connectivity index (χ1v) is 8.24. The summed E-state index contributed by atoms with van der Waals surface area (Å²) in [6, 6.07) is 5.62. The Kier molecular flexibility index (Phi) is 5.17. The van der Waals surface area contributed by atoms with Crippen LogP contribution in [0, 0.1) is 0 Å². The molecule has 1 unspecified atom stereocenters. The standard InChI is InChI=1S/C15H23N3OS/c1-3-12-10-18(7-8-20-12)14-6-5-11(9-13(14)16)15(19)17-4-2/h5-6,9,12H,3-4,7-8,10,16H2,1-2H3,(H,17,19). The quantitative estimate of drug-likeness (QED) is 0.837. The fourth-order valence-corrected chi connectivity index (χ4v) is 3.61. The average molecular weight is 293 g/mol. The number of benzene rings is 1. The smallest absolute Gasteiger partial charge is 0.251 e. The summed E-state index contributed by atoms with van der Waals surface area (Å²) >= 11 is 2.04. The van der Waals surface area contributed by atoms with Gasteiger partial charge in [0.05, 0.1) is 11.4 Å². The number of carbonyl (C=O) groups is 1. The van der Waals surface area contributed by atoms with Crippen LogP contribution in [0.5, 0.6) is 0 Å². The highest BCUT2D eigenvalue weighted by Gasteiger charge is 2.21. The lowest BCUT2D eigenvalue weighted by molar-refractivity contribution is 0.0956. The van der Waals surface area contributed by atoms with Crippen molar-refractivity contribution >= 4 is 29.0 Å². The molecule has 2 rings (SSSR count). The fraction of sp³-hybridized carbons (Fsp3) is 0.533. The van der Waals surface area contributed by atoms with E-state index in [1.165, 1.54) is 6.42 Å². The Morgan fingerprint density at radius 2 is 2.30 bits per heavy atom. The zero-order chi connectivity index (χ0) is 14.5. The number of hydrogen-bond donors (Lipinski definition) is 2. The number of amides is 1. The number of nitrogens with one attached hydrogen (secondary N) is 1. The molecule has 110 valence electrons. The van der Waals surface area contributed by atoms with Gasteiger partial charge in [0.25, 0.3) is 5.91 Å². The molecule has 1 aliphatic heterocycles. The van der Waals surface area contributed by atoms with Crippen LogP contribution in [0.1, 0.15) is 30.6 Å². The van der Waals surface area contributed by atoms with E-state index in [0.29, 0.717) is 23.0 Å². The molecule has 0 saturated carbocycles. The van der Waals surface area contributed by atoms with Crippen molar-refractivity contribution < 1.29 is 4.79 Å². The third-order valence-electron chi connectivity index (χ3n) is 3.56. The zero-order valence-electron chi connectivity index (χ0n) is 12.2. The minimum atomic E-state index is -0.0635. The molecule has 0 aromatic heterocycles. The van der Waals surface area contributed by atoms with E-state index in [1.807, 2.05) is 30.8 Å². The van der Waals surface area contributed by atoms with Crippen molar-refractivity contribution in [2.24, 2.45) is 0 Å². The van der Waals surface area contributed by atoms with Gasteiger partial charge in [-0.05, 0) is 31.5 Å². The molecular formula is C15H23N3OS. The molecule has 1 aromatic rings. The number of nitrogens with zero attached hydrogens (tertiary/aromatic N) is 1. The second kappa shape index (κ2) is 6.88. The highest BCUT2D eigenvalue weighted by Crippen LogP contribution is 2.30. The first-order valence-electron chi connectivity index (χ1n) is 7.20. The monoisotopic (exact) mass is 293 g/mol. The number of thioether (sulfide) groups is 1. The first kappa shape index (κ1) is 15.0. The van der Waals surface area contributed by atoms with Crippen LogP contribution in [0.25, 0.3) is 0 Å². The maximum atomic E-state index is 11.8. The van der Waals surface area contributed by atoms with Crippen LogP contribution in [-0.2, 0) is 0 Å². The van der Waals surface area contributed by atoms with Gasteiger partial charge in [-0.3, -0.25) is 4.79 Å². The number of nitrogen functional groups attached to an aromatic ring is 1. The fourth-order valence-electron chi connectivity index (χ4n) is 2.43. The van der Waals surface area contributed by atoms with Gasteiger partial charge in [0.15, 0.2) is 0 Å². The van der Waals surface area contributed by atoms with E-state index < -0.39 is 0 Å². The van der Waals surface area contributed by atoms with E-state index >= 15 is 0 Å². The molecule has 0 bridgehead atoms. The van der Waals surface area contributed by atoms with Crippen molar-refractivity contribution in [1.82, 2.24) is 5.32 Å². The molecule has 1 saturated heterocycles. The van der Waals surface area contributed by atoms with Crippen LogP contribution >= 0.6 is 11.8 Å². The van der Waals surface area contributed by atoms with Gasteiger partial charge in [-0.1, -0.05) is 6.92 Å². The molecule has 3 N–H and O–H groups in total. The second-order valence-corrected chi connectivity index (χ2v) is 6.39. The summed E-state index contributed by atoms with van der Waals surface area (Å²) in [4.78, 5) is 14.1. The predicted octanol–water partition coefficient (Wildman–Crippen LogP) is 2.35. The van der Waals surface area contributed by atoms with Crippen LogP contribution in [0.2, 0.25) is 0 Å². The lowest BCUT2D eigenvalue weighted by Gasteiger charge is -2.34. The minimum Gasteiger partial charge on any atom is -0.397 e. The number of hydrogen-bond acceptors (Lipinski definition) is 4. The Bertz CT molecular complexity index is 478. The lowest BCUT2D eigenvalue weighted by Crippen LogP contribution is -2.38. The van der Waals surface area contributed by atoms with E-state index in [4.69, 9.17) is 5.73 Å². The molecule has 4 nitrogen and oxygen atoms in total. The summed E-state index contributed by atoms with van der Waals surface area (Å²) in [6.07, 6.45) is 1.18. The number of nitrogens with two attached hydrogens (primary N) is 1. The zero-order valence-corrected chi connectivity index (χ0v) is 13.0. The van der Waals surface area contributed by atoms with Gasteiger partial charge >= 0.3 is 0 Å². The Hall–Kier alpha value is -1.36. The molecule has 1 amide bonds. The highest BCUT2D eigenvalue weighted by molar-refractivity contribution is 8.00. The molecule has 1 atom stereocenters. The SMILES string of the molecule is CCNC(=O)c1ccc(N2CCSC(CC)C2)c(N)c1. The van der Waals surface area contributed by atoms with Crippen molar-refractivity contribution in [1.29, 1.82) is 0 Å². The van der Waals surface area contributed by atoms with Crippen LogP contribution in [-0.4, -0.2) is 36.5 Å². The third-order valence-corrected chi connectivity index (χ3v) is 4.93.